The fraction of sp³-hybridized carbons (Fsp3) is 0.400. The van der Waals surface area contributed by atoms with Crippen LogP contribution in [0.3, 0.4) is 0 Å². The molecular formula is C10H15FN2O3S. The molecule has 1 aromatic carbocycles. The maximum Gasteiger partial charge on any atom is 0.247 e. The van der Waals surface area contributed by atoms with Crippen molar-refractivity contribution in [2.45, 2.75) is 17.9 Å². The Kier molecular flexibility index (Phi) is 4.07. The highest BCUT2D eigenvalue weighted by molar-refractivity contribution is 7.89. The predicted molar refractivity (Wildman–Crippen MR) is 62.3 cm³/mol. The Labute approximate surface area is 99.7 Å². The number of sulfonamides is 1. The first kappa shape index (κ1) is 13.9. The van der Waals surface area contributed by atoms with E-state index in [0.717, 1.165) is 10.4 Å². The van der Waals surface area contributed by atoms with Crippen molar-refractivity contribution in [2.24, 2.45) is 0 Å². The summed E-state index contributed by atoms with van der Waals surface area (Å²) in [6.07, 6.45) is -0.845. The molecule has 1 unspecified atom stereocenters. The number of hydrogen-bond acceptors (Lipinski definition) is 4. The third-order valence-corrected chi connectivity index (χ3v) is 4.10. The molecule has 0 heterocycles. The van der Waals surface area contributed by atoms with E-state index in [2.05, 4.69) is 0 Å². The Balaban J connectivity index is 3.22. The Hall–Kier alpha value is -1.18. The molecule has 1 rings (SSSR count). The molecule has 3 N–H and O–H groups in total. The second kappa shape index (κ2) is 4.99. The first-order valence-electron chi connectivity index (χ1n) is 4.95. The van der Waals surface area contributed by atoms with Gasteiger partial charge in [-0.3, -0.25) is 0 Å². The smallest absolute Gasteiger partial charge is 0.247 e. The lowest BCUT2D eigenvalue weighted by atomic mass is 10.3. The van der Waals surface area contributed by atoms with Crippen molar-refractivity contribution in [1.82, 2.24) is 4.31 Å². The van der Waals surface area contributed by atoms with Crippen molar-refractivity contribution in [3.63, 3.8) is 0 Å². The van der Waals surface area contributed by atoms with Crippen molar-refractivity contribution in [3.05, 3.63) is 24.0 Å². The van der Waals surface area contributed by atoms with Gasteiger partial charge in [-0.05, 0) is 19.1 Å². The van der Waals surface area contributed by atoms with Gasteiger partial charge in [-0.1, -0.05) is 6.07 Å². The molecule has 0 aromatic heterocycles. The second-order valence-corrected chi connectivity index (χ2v) is 5.77. The Morgan fingerprint density at radius 3 is 2.59 bits per heavy atom. The number of rotatable bonds is 4. The largest absolute Gasteiger partial charge is 0.398 e. The molecule has 0 spiro atoms. The zero-order valence-electron chi connectivity index (χ0n) is 9.59. The van der Waals surface area contributed by atoms with Crippen LogP contribution in [0.15, 0.2) is 23.1 Å². The van der Waals surface area contributed by atoms with E-state index in [1.54, 1.807) is 0 Å². The molecule has 0 amide bonds. The van der Waals surface area contributed by atoms with E-state index in [1.165, 1.54) is 26.1 Å². The molecule has 0 aliphatic carbocycles. The van der Waals surface area contributed by atoms with E-state index in [9.17, 15) is 12.8 Å². The number of nitrogens with two attached hydrogens (primary N) is 1. The van der Waals surface area contributed by atoms with Gasteiger partial charge in [0.2, 0.25) is 10.0 Å². The minimum absolute atomic E-state index is 0.129. The van der Waals surface area contributed by atoms with Crippen LogP contribution >= 0.6 is 0 Å². The molecule has 0 fully saturated rings. The fourth-order valence-electron chi connectivity index (χ4n) is 1.42. The number of benzene rings is 1. The lowest BCUT2D eigenvalue weighted by Gasteiger charge is -2.19. The van der Waals surface area contributed by atoms with Crippen molar-refractivity contribution in [3.8, 4) is 0 Å². The molecule has 0 saturated heterocycles. The highest BCUT2D eigenvalue weighted by Gasteiger charge is 2.27. The number of nitrogen functional groups attached to an aromatic ring is 1. The van der Waals surface area contributed by atoms with Gasteiger partial charge in [0.1, 0.15) is 10.7 Å². The summed E-state index contributed by atoms with van der Waals surface area (Å²) in [5.74, 6) is -0.901. The van der Waals surface area contributed by atoms with E-state index in [1.807, 2.05) is 0 Å². The quantitative estimate of drug-likeness (QED) is 0.770. The van der Waals surface area contributed by atoms with Crippen molar-refractivity contribution in [2.75, 3.05) is 19.3 Å². The lowest BCUT2D eigenvalue weighted by molar-refractivity contribution is 0.171. The summed E-state index contributed by atoms with van der Waals surface area (Å²) in [6, 6.07) is 3.67. The van der Waals surface area contributed by atoms with Gasteiger partial charge in [0.25, 0.3) is 0 Å². The standard InChI is InChI=1S/C10H15FN2O3S/c1-7(14)6-13(2)17(15,16)10-8(11)4-3-5-9(10)12/h3-5,7,14H,6,12H2,1-2H3. The topological polar surface area (TPSA) is 83.6 Å². The summed E-state index contributed by atoms with van der Waals surface area (Å²) >= 11 is 0. The first-order valence-corrected chi connectivity index (χ1v) is 6.39. The van der Waals surface area contributed by atoms with Crippen molar-refractivity contribution in [1.29, 1.82) is 0 Å². The maximum absolute atomic E-state index is 13.5. The van der Waals surface area contributed by atoms with E-state index >= 15 is 0 Å². The number of aliphatic hydroxyl groups is 1. The Morgan fingerprint density at radius 2 is 2.12 bits per heavy atom. The number of anilines is 1. The Morgan fingerprint density at radius 1 is 1.53 bits per heavy atom. The fourth-order valence-corrected chi connectivity index (χ4v) is 2.83. The van der Waals surface area contributed by atoms with Gasteiger partial charge in [0, 0.05) is 13.6 Å². The first-order chi connectivity index (χ1) is 7.76. The molecule has 96 valence electrons. The zero-order chi connectivity index (χ0) is 13.2. The van der Waals surface area contributed by atoms with Gasteiger partial charge in [-0.15, -0.1) is 0 Å². The van der Waals surface area contributed by atoms with Gasteiger partial charge >= 0.3 is 0 Å². The Bertz CT molecular complexity index is 482. The number of nitrogens with zero attached hydrogens (tertiary/aromatic N) is 1. The molecular weight excluding hydrogens is 247 g/mol. The van der Waals surface area contributed by atoms with Gasteiger partial charge in [0.15, 0.2) is 0 Å². The summed E-state index contributed by atoms with van der Waals surface area (Å²) in [5.41, 5.74) is 5.32. The third-order valence-electron chi connectivity index (χ3n) is 2.19. The molecule has 5 nitrogen and oxygen atoms in total. The molecule has 0 aliphatic heterocycles. The summed E-state index contributed by atoms with van der Waals surface area (Å²) in [6.45, 7) is 1.31. The van der Waals surface area contributed by atoms with Gasteiger partial charge in [-0.2, -0.15) is 4.31 Å². The monoisotopic (exact) mass is 262 g/mol. The van der Waals surface area contributed by atoms with Crippen LogP contribution in [0.1, 0.15) is 6.92 Å². The molecule has 0 radical (unpaired) electrons. The van der Waals surface area contributed by atoms with Crippen LogP contribution in [0.5, 0.6) is 0 Å². The normalized spacial score (nSPS) is 13.9. The molecule has 0 saturated carbocycles. The average Bonchev–Trinajstić information content (AvgIpc) is 2.15. The van der Waals surface area contributed by atoms with Gasteiger partial charge in [-0.25, -0.2) is 12.8 Å². The molecule has 1 aromatic rings. The van der Waals surface area contributed by atoms with Crippen LogP contribution in [0.2, 0.25) is 0 Å². The van der Waals surface area contributed by atoms with Gasteiger partial charge < -0.3 is 10.8 Å². The molecule has 0 bridgehead atoms. The van der Waals surface area contributed by atoms with Gasteiger partial charge in [0.05, 0.1) is 11.8 Å². The minimum atomic E-state index is -4.02. The summed E-state index contributed by atoms with van der Waals surface area (Å²) < 4.78 is 38.4. The van der Waals surface area contributed by atoms with E-state index < -0.39 is 26.8 Å². The summed E-state index contributed by atoms with van der Waals surface area (Å²) in [5, 5.41) is 9.14. The molecule has 1 atom stereocenters. The highest BCUT2D eigenvalue weighted by Crippen LogP contribution is 2.24. The SMILES string of the molecule is CC(O)CN(C)S(=O)(=O)c1c(N)cccc1F. The highest BCUT2D eigenvalue weighted by atomic mass is 32.2. The minimum Gasteiger partial charge on any atom is -0.398 e. The third kappa shape index (κ3) is 2.93. The van der Waals surface area contributed by atoms with E-state index in [4.69, 9.17) is 10.8 Å². The predicted octanol–water partition coefficient (Wildman–Crippen LogP) is 0.409. The number of likely N-dealkylation sites (N-methyl/N-ethyl adjacent to an activating group) is 1. The van der Waals surface area contributed by atoms with Crippen LogP contribution < -0.4 is 5.73 Å². The molecule has 7 heteroatoms. The lowest BCUT2D eigenvalue weighted by Crippen LogP contribution is -2.34. The summed E-state index contributed by atoms with van der Waals surface area (Å²) in [7, 11) is -2.76. The average molecular weight is 262 g/mol. The van der Waals surface area contributed by atoms with Crippen molar-refractivity contribution >= 4 is 15.7 Å². The van der Waals surface area contributed by atoms with E-state index in [0.29, 0.717) is 0 Å². The number of halogens is 1. The molecule has 0 aliphatic rings. The zero-order valence-corrected chi connectivity index (χ0v) is 10.4. The van der Waals surface area contributed by atoms with Crippen molar-refractivity contribution < 1.29 is 17.9 Å². The van der Waals surface area contributed by atoms with Crippen LogP contribution in [0.4, 0.5) is 10.1 Å². The second-order valence-electron chi connectivity index (χ2n) is 3.79. The maximum atomic E-state index is 13.5. The van der Waals surface area contributed by atoms with Crippen LogP contribution in [0, 0.1) is 5.82 Å². The van der Waals surface area contributed by atoms with Crippen LogP contribution in [-0.2, 0) is 10.0 Å². The summed E-state index contributed by atoms with van der Waals surface area (Å²) in [4.78, 5) is -0.553. The van der Waals surface area contributed by atoms with Crippen LogP contribution in [0.25, 0.3) is 0 Å². The van der Waals surface area contributed by atoms with E-state index in [-0.39, 0.29) is 12.2 Å². The molecule has 17 heavy (non-hydrogen) atoms. The van der Waals surface area contributed by atoms with Crippen LogP contribution in [-0.4, -0.2) is 37.5 Å². The number of hydrogen-bond donors (Lipinski definition) is 2. The number of aliphatic hydroxyl groups excluding tert-OH is 1.